The average Bonchev–Trinajstić information content (AvgIpc) is 2.27. The Bertz CT molecular complexity index is 187. The molecule has 0 aromatic heterocycles. The molecule has 15 heavy (non-hydrogen) atoms. The summed E-state index contributed by atoms with van der Waals surface area (Å²) >= 11 is 0. The van der Waals surface area contributed by atoms with E-state index in [2.05, 4.69) is 44.8 Å². The highest BCUT2D eigenvalue weighted by atomic mass is 15.2. The van der Waals surface area contributed by atoms with Gasteiger partial charge in [0.25, 0.3) is 0 Å². The van der Waals surface area contributed by atoms with Crippen molar-refractivity contribution in [2.24, 2.45) is 5.92 Å². The van der Waals surface area contributed by atoms with Crippen molar-refractivity contribution >= 4 is 0 Å². The Morgan fingerprint density at radius 2 is 2.00 bits per heavy atom. The second-order valence-corrected chi connectivity index (χ2v) is 5.85. The molecule has 1 atom stereocenters. The molecular weight excluding hydrogens is 184 g/mol. The van der Waals surface area contributed by atoms with Gasteiger partial charge in [0.2, 0.25) is 0 Å². The molecule has 2 nitrogen and oxygen atoms in total. The van der Waals surface area contributed by atoms with Crippen LogP contribution >= 0.6 is 0 Å². The topological polar surface area (TPSA) is 15.3 Å². The first-order valence-corrected chi connectivity index (χ1v) is 6.45. The molecular formula is C13H28N2. The molecule has 90 valence electrons. The van der Waals surface area contributed by atoms with Crippen molar-refractivity contribution in [2.75, 3.05) is 19.6 Å². The molecule has 0 radical (unpaired) electrons. The van der Waals surface area contributed by atoms with Gasteiger partial charge in [0.1, 0.15) is 0 Å². The number of hydrogen-bond acceptors (Lipinski definition) is 2. The number of nitrogens with zero attached hydrogens (tertiary/aromatic N) is 1. The van der Waals surface area contributed by atoms with Gasteiger partial charge in [-0.3, -0.25) is 4.90 Å². The first-order valence-electron chi connectivity index (χ1n) is 6.45. The molecule has 1 N–H and O–H groups in total. The summed E-state index contributed by atoms with van der Waals surface area (Å²) in [6.07, 6.45) is 2.56. The van der Waals surface area contributed by atoms with Crippen molar-refractivity contribution in [3.05, 3.63) is 0 Å². The monoisotopic (exact) mass is 212 g/mol. The van der Waals surface area contributed by atoms with E-state index >= 15 is 0 Å². The second-order valence-electron chi connectivity index (χ2n) is 5.85. The quantitative estimate of drug-likeness (QED) is 0.773. The molecule has 1 saturated heterocycles. The van der Waals surface area contributed by atoms with Gasteiger partial charge >= 0.3 is 0 Å². The van der Waals surface area contributed by atoms with E-state index in [0.29, 0.717) is 0 Å². The first-order chi connectivity index (χ1) is 6.96. The van der Waals surface area contributed by atoms with Crippen LogP contribution in [0.3, 0.4) is 0 Å². The van der Waals surface area contributed by atoms with E-state index in [1.165, 1.54) is 25.9 Å². The maximum absolute atomic E-state index is 3.63. The maximum Gasteiger partial charge on any atom is 0.0252 e. The molecule has 1 aliphatic heterocycles. The van der Waals surface area contributed by atoms with Crippen molar-refractivity contribution < 1.29 is 0 Å². The van der Waals surface area contributed by atoms with Crippen LogP contribution in [0.1, 0.15) is 47.5 Å². The molecule has 0 spiro atoms. The fraction of sp³-hybridized carbons (Fsp3) is 1.00. The van der Waals surface area contributed by atoms with Gasteiger partial charge in [0.15, 0.2) is 0 Å². The minimum atomic E-state index is 0.277. The average molecular weight is 212 g/mol. The van der Waals surface area contributed by atoms with E-state index in [1.54, 1.807) is 0 Å². The van der Waals surface area contributed by atoms with Crippen LogP contribution in [-0.4, -0.2) is 36.1 Å². The Morgan fingerprint density at radius 3 is 2.53 bits per heavy atom. The fourth-order valence-electron chi connectivity index (χ4n) is 2.79. The second kappa shape index (κ2) is 5.31. The van der Waals surface area contributed by atoms with E-state index in [4.69, 9.17) is 0 Å². The highest BCUT2D eigenvalue weighted by Crippen LogP contribution is 2.19. The molecule has 1 heterocycles. The SMILES string of the molecule is CCC(C(C)C)N1CCCNC(C)(C)C1. The van der Waals surface area contributed by atoms with Crippen LogP contribution in [0.15, 0.2) is 0 Å². The lowest BCUT2D eigenvalue weighted by atomic mass is 9.97. The largest absolute Gasteiger partial charge is 0.310 e. The van der Waals surface area contributed by atoms with Crippen molar-refractivity contribution in [3.8, 4) is 0 Å². The van der Waals surface area contributed by atoms with E-state index in [9.17, 15) is 0 Å². The van der Waals surface area contributed by atoms with Gasteiger partial charge in [-0.2, -0.15) is 0 Å². The van der Waals surface area contributed by atoms with Gasteiger partial charge in [0.05, 0.1) is 0 Å². The van der Waals surface area contributed by atoms with Crippen LogP contribution in [-0.2, 0) is 0 Å². The first kappa shape index (κ1) is 13.0. The Labute approximate surface area is 95.4 Å². The molecule has 0 aromatic carbocycles. The molecule has 0 aliphatic carbocycles. The van der Waals surface area contributed by atoms with Crippen LogP contribution in [0.4, 0.5) is 0 Å². The Kier molecular flexibility index (Phi) is 4.60. The Hall–Kier alpha value is -0.0800. The molecule has 0 amide bonds. The molecule has 0 aromatic rings. The normalized spacial score (nSPS) is 25.2. The van der Waals surface area contributed by atoms with Crippen LogP contribution in [0.25, 0.3) is 0 Å². The van der Waals surface area contributed by atoms with E-state index in [0.717, 1.165) is 18.5 Å². The lowest BCUT2D eigenvalue weighted by Gasteiger charge is -2.37. The minimum absolute atomic E-state index is 0.277. The van der Waals surface area contributed by atoms with E-state index in [-0.39, 0.29) is 5.54 Å². The maximum atomic E-state index is 3.63. The standard InChI is InChI=1S/C13H28N2/c1-6-12(11(2)3)15-9-7-8-14-13(4,5)10-15/h11-12,14H,6-10H2,1-5H3. The Morgan fingerprint density at radius 1 is 1.33 bits per heavy atom. The van der Waals surface area contributed by atoms with Crippen molar-refractivity contribution in [1.29, 1.82) is 0 Å². The van der Waals surface area contributed by atoms with Crippen LogP contribution in [0.5, 0.6) is 0 Å². The highest BCUT2D eigenvalue weighted by Gasteiger charge is 2.28. The minimum Gasteiger partial charge on any atom is -0.310 e. The molecule has 1 fully saturated rings. The highest BCUT2D eigenvalue weighted by molar-refractivity contribution is 4.88. The summed E-state index contributed by atoms with van der Waals surface area (Å²) in [5, 5.41) is 3.63. The van der Waals surface area contributed by atoms with E-state index < -0.39 is 0 Å². The Balaban J connectivity index is 2.66. The summed E-state index contributed by atoms with van der Waals surface area (Å²) in [6.45, 7) is 15.3. The lowest BCUT2D eigenvalue weighted by Crippen LogP contribution is -2.50. The third kappa shape index (κ3) is 3.76. The molecule has 2 heteroatoms. The third-order valence-electron chi connectivity index (χ3n) is 3.48. The van der Waals surface area contributed by atoms with E-state index in [1.807, 2.05) is 0 Å². The molecule has 1 unspecified atom stereocenters. The molecule has 0 bridgehead atoms. The summed E-state index contributed by atoms with van der Waals surface area (Å²) in [5.41, 5.74) is 0.277. The van der Waals surface area contributed by atoms with Gasteiger partial charge in [-0.15, -0.1) is 0 Å². The van der Waals surface area contributed by atoms with Gasteiger partial charge < -0.3 is 5.32 Å². The van der Waals surface area contributed by atoms with Gasteiger partial charge in [-0.25, -0.2) is 0 Å². The number of rotatable bonds is 3. The van der Waals surface area contributed by atoms with Gasteiger partial charge in [-0.05, 0) is 45.7 Å². The summed E-state index contributed by atoms with van der Waals surface area (Å²) < 4.78 is 0. The zero-order valence-electron chi connectivity index (χ0n) is 11.1. The number of hydrogen-bond donors (Lipinski definition) is 1. The predicted molar refractivity (Wildman–Crippen MR) is 67.2 cm³/mol. The van der Waals surface area contributed by atoms with Crippen LogP contribution < -0.4 is 5.32 Å². The molecule has 0 saturated carbocycles. The fourth-order valence-corrected chi connectivity index (χ4v) is 2.79. The van der Waals surface area contributed by atoms with Gasteiger partial charge in [-0.1, -0.05) is 20.8 Å². The lowest BCUT2D eigenvalue weighted by molar-refractivity contribution is 0.130. The van der Waals surface area contributed by atoms with Crippen LogP contribution in [0.2, 0.25) is 0 Å². The van der Waals surface area contributed by atoms with Gasteiger partial charge in [0, 0.05) is 18.1 Å². The van der Waals surface area contributed by atoms with Crippen molar-refractivity contribution in [1.82, 2.24) is 10.2 Å². The van der Waals surface area contributed by atoms with Crippen molar-refractivity contribution in [2.45, 2.75) is 59.0 Å². The third-order valence-corrected chi connectivity index (χ3v) is 3.48. The number of nitrogens with one attached hydrogen (secondary N) is 1. The van der Waals surface area contributed by atoms with Crippen molar-refractivity contribution in [3.63, 3.8) is 0 Å². The smallest absolute Gasteiger partial charge is 0.0252 e. The predicted octanol–water partition coefficient (Wildman–Crippen LogP) is 2.49. The zero-order chi connectivity index (χ0) is 11.5. The molecule has 1 aliphatic rings. The zero-order valence-corrected chi connectivity index (χ0v) is 11.1. The molecule has 1 rings (SSSR count). The summed E-state index contributed by atoms with van der Waals surface area (Å²) in [7, 11) is 0. The van der Waals surface area contributed by atoms with Crippen LogP contribution in [0, 0.1) is 5.92 Å². The summed E-state index contributed by atoms with van der Waals surface area (Å²) in [6, 6.07) is 0.754. The summed E-state index contributed by atoms with van der Waals surface area (Å²) in [5.74, 6) is 0.767. The summed E-state index contributed by atoms with van der Waals surface area (Å²) in [4.78, 5) is 2.69.